The molecular formula is C12H18ClNO3S. The van der Waals surface area contributed by atoms with Gasteiger partial charge in [0, 0.05) is 12.6 Å². The highest BCUT2D eigenvalue weighted by atomic mass is 35.5. The summed E-state index contributed by atoms with van der Waals surface area (Å²) in [6.45, 7) is 5.15. The van der Waals surface area contributed by atoms with Crippen LogP contribution in [0, 0.1) is 12.8 Å². The van der Waals surface area contributed by atoms with Gasteiger partial charge in [0.05, 0.1) is 5.02 Å². The number of aliphatic hydroxyl groups is 1. The summed E-state index contributed by atoms with van der Waals surface area (Å²) in [7, 11) is -3.66. The van der Waals surface area contributed by atoms with Crippen LogP contribution in [-0.2, 0) is 10.0 Å². The Bertz CT molecular complexity index is 516. The number of benzene rings is 1. The molecule has 0 aliphatic rings. The van der Waals surface area contributed by atoms with Gasteiger partial charge in [0.25, 0.3) is 0 Å². The molecule has 0 saturated carbocycles. The SMILES string of the molecule is Cc1cccc(S(=O)(=O)NC(C)C(C)CO)c1Cl. The first-order valence-corrected chi connectivity index (χ1v) is 7.54. The molecule has 0 heterocycles. The summed E-state index contributed by atoms with van der Waals surface area (Å²) < 4.78 is 26.8. The third-order valence-electron chi connectivity index (χ3n) is 2.93. The van der Waals surface area contributed by atoms with Crippen molar-refractivity contribution >= 4 is 21.6 Å². The number of aryl methyl sites for hydroxylation is 1. The summed E-state index contributed by atoms with van der Waals surface area (Å²) in [5, 5.41) is 9.24. The van der Waals surface area contributed by atoms with E-state index in [-0.39, 0.29) is 28.5 Å². The lowest BCUT2D eigenvalue weighted by Crippen LogP contribution is -2.38. The first-order valence-electron chi connectivity index (χ1n) is 5.68. The molecule has 0 aliphatic heterocycles. The first-order chi connectivity index (χ1) is 8.29. The molecule has 18 heavy (non-hydrogen) atoms. The number of nitrogens with one attached hydrogen (secondary N) is 1. The van der Waals surface area contributed by atoms with Gasteiger partial charge in [-0.2, -0.15) is 0 Å². The van der Waals surface area contributed by atoms with Gasteiger partial charge in [0.2, 0.25) is 10.0 Å². The van der Waals surface area contributed by atoms with E-state index in [0.717, 1.165) is 0 Å². The fraction of sp³-hybridized carbons (Fsp3) is 0.500. The van der Waals surface area contributed by atoms with Crippen molar-refractivity contribution in [3.8, 4) is 0 Å². The minimum absolute atomic E-state index is 0.0705. The molecule has 1 rings (SSSR count). The van der Waals surface area contributed by atoms with E-state index < -0.39 is 10.0 Å². The van der Waals surface area contributed by atoms with Gasteiger partial charge >= 0.3 is 0 Å². The van der Waals surface area contributed by atoms with Crippen LogP contribution in [0.3, 0.4) is 0 Å². The Balaban J connectivity index is 3.04. The fourth-order valence-electron chi connectivity index (χ4n) is 1.41. The molecular weight excluding hydrogens is 274 g/mol. The Kier molecular flexibility index (Phi) is 5.16. The normalized spacial score (nSPS) is 15.4. The Morgan fingerprint density at radius 1 is 1.39 bits per heavy atom. The Morgan fingerprint density at radius 2 is 2.00 bits per heavy atom. The molecule has 2 unspecified atom stereocenters. The zero-order chi connectivity index (χ0) is 13.9. The van der Waals surface area contributed by atoms with E-state index in [1.165, 1.54) is 6.07 Å². The van der Waals surface area contributed by atoms with Crippen LogP contribution >= 0.6 is 11.6 Å². The fourth-order valence-corrected chi connectivity index (χ4v) is 3.34. The predicted octanol–water partition coefficient (Wildman–Crippen LogP) is 1.94. The van der Waals surface area contributed by atoms with Crippen LogP contribution in [0.5, 0.6) is 0 Å². The second kappa shape index (κ2) is 6.02. The molecule has 2 atom stereocenters. The minimum Gasteiger partial charge on any atom is -0.396 e. The summed E-state index contributed by atoms with van der Waals surface area (Å²) in [5.41, 5.74) is 0.711. The molecule has 0 spiro atoms. The lowest BCUT2D eigenvalue weighted by molar-refractivity contribution is 0.216. The maximum atomic E-state index is 12.2. The lowest BCUT2D eigenvalue weighted by Gasteiger charge is -2.19. The Labute approximate surface area is 113 Å². The van der Waals surface area contributed by atoms with Gasteiger partial charge in [0.15, 0.2) is 0 Å². The van der Waals surface area contributed by atoms with Gasteiger partial charge in [0.1, 0.15) is 4.90 Å². The number of hydrogen-bond donors (Lipinski definition) is 2. The van der Waals surface area contributed by atoms with Crippen molar-refractivity contribution in [2.75, 3.05) is 6.61 Å². The maximum Gasteiger partial charge on any atom is 0.242 e. The van der Waals surface area contributed by atoms with Gasteiger partial charge < -0.3 is 5.11 Å². The van der Waals surface area contributed by atoms with Crippen LogP contribution < -0.4 is 4.72 Å². The van der Waals surface area contributed by atoms with Gasteiger partial charge in [-0.3, -0.25) is 0 Å². The highest BCUT2D eigenvalue weighted by Gasteiger charge is 2.23. The molecule has 102 valence electrons. The van der Waals surface area contributed by atoms with Gasteiger partial charge in [-0.1, -0.05) is 30.7 Å². The monoisotopic (exact) mass is 291 g/mol. The standard InChI is InChI=1S/C12H18ClNO3S/c1-8-5-4-6-11(12(8)13)18(16,17)14-10(3)9(2)7-15/h4-6,9-10,14-15H,7H2,1-3H3. The van der Waals surface area contributed by atoms with Crippen LogP contribution in [0.25, 0.3) is 0 Å². The highest BCUT2D eigenvalue weighted by molar-refractivity contribution is 7.89. The molecule has 0 fully saturated rings. The zero-order valence-corrected chi connectivity index (χ0v) is 12.2. The summed E-state index contributed by atoms with van der Waals surface area (Å²) in [6, 6.07) is 4.50. The van der Waals surface area contributed by atoms with Gasteiger partial charge in [-0.25, -0.2) is 13.1 Å². The van der Waals surface area contributed by atoms with Crippen molar-refractivity contribution in [3.05, 3.63) is 28.8 Å². The summed E-state index contributed by atoms with van der Waals surface area (Å²) in [4.78, 5) is 0.0705. The molecule has 0 radical (unpaired) electrons. The quantitative estimate of drug-likeness (QED) is 0.871. The average Bonchev–Trinajstić information content (AvgIpc) is 2.30. The van der Waals surface area contributed by atoms with Crippen molar-refractivity contribution in [1.29, 1.82) is 0 Å². The number of halogens is 1. The predicted molar refractivity (Wildman–Crippen MR) is 72.2 cm³/mol. The van der Waals surface area contributed by atoms with E-state index in [2.05, 4.69) is 4.72 Å². The van der Waals surface area contributed by atoms with Gasteiger partial charge in [-0.05, 0) is 31.4 Å². The van der Waals surface area contributed by atoms with E-state index in [1.54, 1.807) is 32.9 Å². The Hall–Kier alpha value is -0.620. The van der Waals surface area contributed by atoms with E-state index in [0.29, 0.717) is 5.56 Å². The molecule has 0 aliphatic carbocycles. The summed E-state index contributed by atoms with van der Waals surface area (Å²) in [6.07, 6.45) is 0. The molecule has 0 saturated heterocycles. The Morgan fingerprint density at radius 3 is 2.56 bits per heavy atom. The van der Waals surface area contributed by atoms with Crippen molar-refractivity contribution < 1.29 is 13.5 Å². The lowest BCUT2D eigenvalue weighted by atomic mass is 10.1. The number of rotatable bonds is 5. The molecule has 1 aromatic rings. The summed E-state index contributed by atoms with van der Waals surface area (Å²) in [5.74, 6) is -0.164. The van der Waals surface area contributed by atoms with Crippen LogP contribution in [0.15, 0.2) is 23.1 Å². The molecule has 0 aromatic heterocycles. The number of hydrogen-bond acceptors (Lipinski definition) is 3. The average molecular weight is 292 g/mol. The van der Waals surface area contributed by atoms with E-state index >= 15 is 0 Å². The zero-order valence-electron chi connectivity index (χ0n) is 10.6. The highest BCUT2D eigenvalue weighted by Crippen LogP contribution is 2.25. The minimum atomic E-state index is -3.66. The molecule has 0 amide bonds. The second-order valence-corrected chi connectivity index (χ2v) is 6.52. The van der Waals surface area contributed by atoms with Gasteiger partial charge in [-0.15, -0.1) is 0 Å². The maximum absolute atomic E-state index is 12.2. The molecule has 4 nitrogen and oxygen atoms in total. The number of sulfonamides is 1. The topological polar surface area (TPSA) is 66.4 Å². The van der Waals surface area contributed by atoms with Crippen LogP contribution in [0.1, 0.15) is 19.4 Å². The van der Waals surface area contributed by atoms with Crippen LogP contribution in [-0.4, -0.2) is 26.2 Å². The third-order valence-corrected chi connectivity index (χ3v) is 5.14. The summed E-state index contributed by atoms with van der Waals surface area (Å²) >= 11 is 6.01. The van der Waals surface area contributed by atoms with Crippen LogP contribution in [0.2, 0.25) is 5.02 Å². The van der Waals surface area contributed by atoms with Crippen molar-refractivity contribution in [2.24, 2.45) is 5.92 Å². The molecule has 0 bridgehead atoms. The van der Waals surface area contributed by atoms with E-state index in [4.69, 9.17) is 16.7 Å². The largest absolute Gasteiger partial charge is 0.396 e. The molecule has 1 aromatic carbocycles. The second-order valence-electron chi connectivity index (χ2n) is 4.46. The van der Waals surface area contributed by atoms with E-state index in [1.807, 2.05) is 0 Å². The van der Waals surface area contributed by atoms with Crippen molar-refractivity contribution in [2.45, 2.75) is 31.7 Å². The third kappa shape index (κ3) is 3.45. The van der Waals surface area contributed by atoms with Crippen LogP contribution in [0.4, 0.5) is 0 Å². The first kappa shape index (κ1) is 15.4. The van der Waals surface area contributed by atoms with E-state index in [9.17, 15) is 8.42 Å². The number of aliphatic hydroxyl groups excluding tert-OH is 1. The molecule has 6 heteroatoms. The van der Waals surface area contributed by atoms with Crippen molar-refractivity contribution in [3.63, 3.8) is 0 Å². The smallest absolute Gasteiger partial charge is 0.242 e. The molecule has 2 N–H and O–H groups in total. The van der Waals surface area contributed by atoms with Crippen molar-refractivity contribution in [1.82, 2.24) is 4.72 Å².